The molecule has 14 N–H and O–H groups in total. The third-order valence-corrected chi connectivity index (χ3v) is 19.7. The number of nitrogens with zero attached hydrogens (tertiary/aromatic N) is 6. The first-order valence-corrected chi connectivity index (χ1v) is 35.3. The smallest absolute Gasteiger partial charge is 0.691 e. The van der Waals surface area contributed by atoms with Crippen molar-refractivity contribution in [1.29, 1.82) is 0 Å². The molecule has 0 aliphatic carbocycles. The number of phenolic OH excluding ortho intramolecular Hbond substituents is 1. The van der Waals surface area contributed by atoms with E-state index in [1.165, 1.54) is 36.5 Å². The van der Waals surface area contributed by atoms with Crippen LogP contribution in [0.5, 0.6) is 11.5 Å². The maximum Gasteiger partial charge on any atom is 1.00 e. The molecule has 35 nitrogen and oxygen atoms in total. The number of aromatic nitrogens is 3. The summed E-state index contributed by atoms with van der Waals surface area (Å²) in [5.41, 5.74) is 2.73. The number of hydrogen-bond donors (Lipinski definition) is 14. The van der Waals surface area contributed by atoms with Crippen molar-refractivity contribution >= 4 is 81.8 Å². The van der Waals surface area contributed by atoms with Gasteiger partial charge in [-0.15, -0.1) is 4.33 Å². The fourth-order valence-corrected chi connectivity index (χ4v) is 13.8. The number of alkyl carbamates (subject to hydrolysis) is 1. The first-order valence-electron chi connectivity index (χ1n) is 33.8. The van der Waals surface area contributed by atoms with E-state index in [9.17, 15) is 79.7 Å². The van der Waals surface area contributed by atoms with Gasteiger partial charge in [0.25, 0.3) is 18.2 Å². The van der Waals surface area contributed by atoms with E-state index in [1.54, 1.807) is 30.0 Å². The van der Waals surface area contributed by atoms with Gasteiger partial charge in [-0.25, -0.2) is 14.3 Å². The number of carbonyl (C=O) groups is 8. The average Bonchev–Trinajstić information content (AvgIpc) is 1.66. The molecule has 0 saturated carbocycles. The summed E-state index contributed by atoms with van der Waals surface area (Å²) < 4.78 is 27.0. The molecular formula is C67H87N12NaO23S2. The number of ether oxygens (including phenoxy) is 3. The number of methoxy groups -OCH3 is 1. The minimum Gasteiger partial charge on any atom is -0.691 e. The molecular weight excluding hydrogens is 1430 g/mol. The Morgan fingerprint density at radius 3 is 2.20 bits per heavy atom. The van der Waals surface area contributed by atoms with Gasteiger partial charge in [-0.2, -0.15) is 5.10 Å². The Labute approximate surface area is 633 Å². The van der Waals surface area contributed by atoms with Gasteiger partial charge < -0.3 is 111 Å². The number of rotatable bonds is 26. The molecule has 3 aromatic carbocycles. The van der Waals surface area contributed by atoms with Gasteiger partial charge in [0.1, 0.15) is 60.1 Å². The van der Waals surface area contributed by atoms with E-state index in [1.807, 2.05) is 12.1 Å². The van der Waals surface area contributed by atoms with Crippen LogP contribution in [0.25, 0.3) is 26.8 Å². The number of imidazole rings is 1. The molecule has 14 atom stereocenters. The van der Waals surface area contributed by atoms with Crippen molar-refractivity contribution in [2.24, 2.45) is 5.92 Å². The van der Waals surface area contributed by atoms with Crippen LogP contribution in [0.2, 0.25) is 0 Å². The van der Waals surface area contributed by atoms with E-state index >= 15 is 4.79 Å². The SMILES string of the molecule is C=CCOC(=O)NCC[C@@H](O)[C@@H]1NC(=O)[C@H]([C@H](O)[C@@H](O)c2ccc(O)c(OSOO[O-])c2)NC(=O)[C@@H]2C[C@H](O)CN2C(=O)[C@H]([C@H](C)O)NC(=O)[C@@H](NC(=O)c2ccc(-c3cn4nc(-c5ccc(N6CCC(OCCCCCOC)CC6)cc5)sc4n3)cc2)C[C@H](O)CNC(=O)[C@@H]2[C@@H](O)[C@H](C)CN2C1=O.[Na+]. The maximum absolute atomic E-state index is 15.0. The van der Waals surface area contributed by atoms with Gasteiger partial charge in [-0.3, -0.25) is 38.6 Å². The normalized spacial score (nSPS) is 24.4. The summed E-state index contributed by atoms with van der Waals surface area (Å²) in [5.74, 6) is -10.6. The van der Waals surface area contributed by atoms with Crippen molar-refractivity contribution in [3.05, 3.63) is 96.7 Å². The van der Waals surface area contributed by atoms with Crippen molar-refractivity contribution in [2.45, 2.75) is 150 Å². The topological polar surface area (TPSA) is 489 Å². The summed E-state index contributed by atoms with van der Waals surface area (Å²) in [6.07, 6.45) is -8.27. The Balaban J connectivity index is 0.0000139. The number of nitrogens with one attached hydrogen (secondary N) is 6. The monoisotopic (exact) mass is 1510 g/mol. The second kappa shape index (κ2) is 39.3. The molecule has 5 aromatic rings. The number of hydrogen-bond acceptors (Lipinski definition) is 28. The molecule has 6 heterocycles. The Hall–Kier alpha value is -7.67. The predicted octanol–water partition coefficient (Wildman–Crippen LogP) is -4.46. The van der Waals surface area contributed by atoms with E-state index in [0.717, 1.165) is 110 Å². The first-order chi connectivity index (χ1) is 49.9. The second-order valence-corrected chi connectivity index (χ2v) is 27.2. The number of unbranched alkanes of at least 4 members (excludes halogenated alkanes) is 2. The molecule has 4 aliphatic heterocycles. The Kier molecular flexibility index (Phi) is 31.0. The number of phenols is 1. The van der Waals surface area contributed by atoms with E-state index in [4.69, 9.17) is 28.5 Å². The molecule has 4 aliphatic rings. The van der Waals surface area contributed by atoms with Crippen LogP contribution in [-0.4, -0.2) is 258 Å². The molecule has 2 aromatic heterocycles. The second-order valence-electron chi connectivity index (χ2n) is 25.8. The van der Waals surface area contributed by atoms with Crippen molar-refractivity contribution in [3.63, 3.8) is 0 Å². The largest absolute Gasteiger partial charge is 1.00 e. The minimum atomic E-state index is -2.53. The minimum absolute atomic E-state index is 0. The number of piperidine rings is 1. The van der Waals surface area contributed by atoms with Crippen LogP contribution in [-0.2, 0) is 52.3 Å². The summed E-state index contributed by atoms with van der Waals surface area (Å²) in [5, 5.41) is 125. The number of fused-ring (bicyclic) bond motifs is 3. The Morgan fingerprint density at radius 1 is 0.829 bits per heavy atom. The van der Waals surface area contributed by atoms with Gasteiger partial charge in [-0.1, -0.05) is 49.1 Å². The fraction of sp³-hybridized carbons (Fsp3) is 0.522. The van der Waals surface area contributed by atoms with E-state index in [2.05, 4.69) is 64.9 Å². The number of anilines is 1. The zero-order chi connectivity index (χ0) is 74.9. The number of benzene rings is 3. The fourth-order valence-electron chi connectivity index (χ4n) is 12.6. The Bertz CT molecular complexity index is 3750. The molecule has 0 bridgehead atoms. The van der Waals surface area contributed by atoms with Crippen LogP contribution in [0.15, 0.2) is 85.6 Å². The molecule has 0 radical (unpaired) electrons. The molecule has 0 spiro atoms. The van der Waals surface area contributed by atoms with E-state index in [-0.39, 0.29) is 65.7 Å². The summed E-state index contributed by atoms with van der Waals surface area (Å²) >= 11 is 1.30. The number of aliphatic hydroxyl groups is 7. The number of carbonyl (C=O) groups excluding carboxylic acids is 8. The average molecular weight is 1520 g/mol. The van der Waals surface area contributed by atoms with Crippen LogP contribution in [0.3, 0.4) is 0 Å². The third-order valence-electron chi connectivity index (χ3n) is 18.3. The van der Waals surface area contributed by atoms with Crippen molar-refractivity contribution in [3.8, 4) is 33.3 Å². The van der Waals surface area contributed by atoms with Crippen molar-refractivity contribution < 1.29 is 142 Å². The quantitative estimate of drug-likeness (QED) is 0.00620. The third kappa shape index (κ3) is 21.6. The van der Waals surface area contributed by atoms with Gasteiger partial charge in [0.05, 0.1) is 48.5 Å². The molecule has 8 amide bonds. The van der Waals surface area contributed by atoms with Crippen LogP contribution < -0.4 is 75.8 Å². The first kappa shape index (κ1) is 83.0. The molecule has 38 heteroatoms. The predicted molar refractivity (Wildman–Crippen MR) is 367 cm³/mol. The zero-order valence-corrected chi connectivity index (χ0v) is 61.7. The standard InChI is InChI=1S/C67H88N12O23S2.Na/c1-5-25-99-67(95)68-22-19-49(84)52-65(94)78-32-35(2)55(85)54(78)62(92)69-31-42(81)29-45(59(89)72-51(36(3)80)64(93)77-33-43(82)30-47(77)60(90)74-53(61(91)73-52)57(87)56(86)40-15-18-48(83)50(28-40)100-104-102-101-96)70-58(88)38-11-9-37(10-12-38)46-34-79-66(71-46)103-63(75-79)39-13-16-41(17-14-39)76-23-20-44(21-24-76)98-27-8-6-7-26-97-4;/h5,9-18,28,34-36,42-45,47,49,51-57,80-87,96H,1,6-8,19-27,29-33H2,2-4H3,(H,68,95)(H,69,92)(H,70,88)(H,72,89)(H,73,91)(H,74,90);/q;+1/p-1/t35-,36+,42+,43+,45+,47+,49-,51+,52+,53+,54+,55+,56+,57+;/m1./s1. The van der Waals surface area contributed by atoms with Gasteiger partial charge in [-0.05, 0) is 99.5 Å². The van der Waals surface area contributed by atoms with E-state index in [0.29, 0.717) is 16.2 Å². The molecule has 4 saturated heterocycles. The number of amides is 8. The summed E-state index contributed by atoms with van der Waals surface area (Å²) in [6, 6.07) is 5.00. The van der Waals surface area contributed by atoms with Crippen LogP contribution in [0, 0.1) is 5.92 Å². The number of β-amino-alcohol motifs (C(OH)–C–C–N with tert-alkyl or cyclic N) is 1. The maximum atomic E-state index is 15.0. The van der Waals surface area contributed by atoms with Gasteiger partial charge in [0.15, 0.2) is 11.5 Å². The molecule has 105 heavy (non-hydrogen) atoms. The van der Waals surface area contributed by atoms with Gasteiger partial charge in [0, 0.05) is 101 Å². The van der Waals surface area contributed by atoms with Crippen LogP contribution >= 0.6 is 23.7 Å². The number of aromatic hydroxyl groups is 1. The Morgan fingerprint density at radius 2 is 1.51 bits per heavy atom. The van der Waals surface area contributed by atoms with Crippen LogP contribution in [0.1, 0.15) is 87.2 Å². The van der Waals surface area contributed by atoms with E-state index < -0.39 is 189 Å². The van der Waals surface area contributed by atoms with Crippen molar-refractivity contribution in [1.82, 2.24) is 56.3 Å². The van der Waals surface area contributed by atoms with Crippen LogP contribution in [0.4, 0.5) is 10.5 Å². The summed E-state index contributed by atoms with van der Waals surface area (Å²) in [6.45, 7) is 6.80. The molecule has 4 fully saturated rings. The van der Waals surface area contributed by atoms with Crippen molar-refractivity contribution in [2.75, 3.05) is 71.1 Å². The molecule has 0 unspecified atom stereocenters. The van der Waals surface area contributed by atoms with Gasteiger partial charge >= 0.3 is 35.7 Å². The number of aliphatic hydroxyl groups excluding tert-OH is 7. The molecule has 566 valence electrons. The zero-order valence-electron chi connectivity index (χ0n) is 58.1. The molecule has 9 rings (SSSR count). The summed E-state index contributed by atoms with van der Waals surface area (Å²) in [7, 11) is 1.71. The van der Waals surface area contributed by atoms with Gasteiger partial charge in [0.2, 0.25) is 40.4 Å². The summed E-state index contributed by atoms with van der Waals surface area (Å²) in [4.78, 5) is 124.